The third-order valence-electron chi connectivity index (χ3n) is 10.8. The number of aliphatic hydroxyl groups is 1. The standard InChI is InChI=1S/C40H46FN5O6/c1-49-35-22-27(23-36(50-2)37(35)51-3)38(48)45-21-17-40(26-45,28-8-10-29(41)11-9-28)16-20-44-18-14-30(15-19-44)46(24-31-12-13-32(25-47)52-31)39-42-33-6-4-5-7-34(33)43-39/h4-13,22-23,30,47H,14-21,24-26H2,1-3H3,(H,42,43). The number of carbonyl (C=O) groups is 1. The van der Waals surface area contributed by atoms with Crippen LogP contribution in [0, 0.1) is 5.82 Å². The Morgan fingerprint density at radius 1 is 0.981 bits per heavy atom. The van der Waals surface area contributed by atoms with Gasteiger partial charge in [0.1, 0.15) is 23.9 Å². The number of methoxy groups -OCH3 is 3. The number of fused-ring (bicyclic) bond motifs is 1. The van der Waals surface area contributed by atoms with E-state index < -0.39 is 0 Å². The van der Waals surface area contributed by atoms with Gasteiger partial charge in [-0.1, -0.05) is 24.3 Å². The molecular weight excluding hydrogens is 665 g/mol. The quantitative estimate of drug-likeness (QED) is 0.148. The molecular formula is C40H46FN5O6. The number of H-pyrrole nitrogens is 1. The van der Waals surface area contributed by atoms with E-state index >= 15 is 0 Å². The van der Waals surface area contributed by atoms with E-state index in [-0.39, 0.29) is 29.8 Å². The van der Waals surface area contributed by atoms with E-state index in [4.69, 9.17) is 23.6 Å². The van der Waals surface area contributed by atoms with Crippen LogP contribution >= 0.6 is 0 Å². The second-order valence-corrected chi connectivity index (χ2v) is 13.7. The summed E-state index contributed by atoms with van der Waals surface area (Å²) in [5.74, 6) is 3.02. The number of nitrogens with one attached hydrogen (secondary N) is 1. The number of benzene rings is 3. The summed E-state index contributed by atoms with van der Waals surface area (Å²) in [5.41, 5.74) is 3.07. The van der Waals surface area contributed by atoms with Gasteiger partial charge in [0, 0.05) is 43.2 Å². The zero-order valence-corrected chi connectivity index (χ0v) is 29.9. The molecule has 1 atom stereocenters. The molecule has 2 aromatic heterocycles. The number of aliphatic hydroxyl groups excluding tert-OH is 1. The van der Waals surface area contributed by atoms with Crippen molar-refractivity contribution in [3.8, 4) is 17.2 Å². The first-order chi connectivity index (χ1) is 25.3. The van der Waals surface area contributed by atoms with E-state index in [1.54, 1.807) is 12.1 Å². The fourth-order valence-electron chi connectivity index (χ4n) is 7.86. The summed E-state index contributed by atoms with van der Waals surface area (Å²) in [5, 5.41) is 9.58. The lowest BCUT2D eigenvalue weighted by Gasteiger charge is -2.39. The van der Waals surface area contributed by atoms with Gasteiger partial charge in [0.25, 0.3) is 5.91 Å². The van der Waals surface area contributed by atoms with Crippen LogP contribution in [0.1, 0.15) is 53.1 Å². The Balaban J connectivity index is 1.06. The van der Waals surface area contributed by atoms with Crippen LogP contribution in [-0.2, 0) is 18.6 Å². The van der Waals surface area contributed by atoms with Gasteiger partial charge in [0.15, 0.2) is 11.5 Å². The highest BCUT2D eigenvalue weighted by atomic mass is 19.1. The second-order valence-electron chi connectivity index (χ2n) is 13.7. The summed E-state index contributed by atoms with van der Waals surface area (Å²) in [6.45, 7) is 4.13. The summed E-state index contributed by atoms with van der Waals surface area (Å²) in [6, 6.07) is 22.1. The summed E-state index contributed by atoms with van der Waals surface area (Å²) >= 11 is 0. The average Bonchev–Trinajstić information content (AvgIpc) is 3.95. The van der Waals surface area contributed by atoms with E-state index in [9.17, 15) is 14.3 Å². The first kappa shape index (κ1) is 35.3. The number of amides is 1. The monoisotopic (exact) mass is 711 g/mol. The molecule has 2 saturated heterocycles. The number of halogens is 1. The Morgan fingerprint density at radius 2 is 1.69 bits per heavy atom. The molecule has 0 spiro atoms. The molecule has 1 unspecified atom stereocenters. The number of carbonyl (C=O) groups excluding carboxylic acids is 1. The van der Waals surface area contributed by atoms with E-state index in [1.807, 2.05) is 53.4 Å². The molecule has 274 valence electrons. The Hall–Kier alpha value is -5.07. The van der Waals surface area contributed by atoms with Crippen LogP contribution in [0.4, 0.5) is 10.3 Å². The number of piperidine rings is 1. The van der Waals surface area contributed by atoms with Crippen molar-refractivity contribution in [3.63, 3.8) is 0 Å². The van der Waals surface area contributed by atoms with E-state index in [2.05, 4.69) is 14.8 Å². The maximum Gasteiger partial charge on any atom is 0.254 e. The molecule has 2 aliphatic rings. The van der Waals surface area contributed by atoms with Gasteiger partial charge in [-0.15, -0.1) is 0 Å². The largest absolute Gasteiger partial charge is 0.493 e. The SMILES string of the molecule is COc1cc(C(=O)N2CCC(CCN3CCC(N(Cc4ccc(CO)o4)c4nc5ccccc5[nH]4)CC3)(c3ccc(F)cc3)C2)cc(OC)c1OC. The van der Waals surface area contributed by atoms with Crippen LogP contribution in [0.25, 0.3) is 11.0 Å². The lowest BCUT2D eigenvalue weighted by atomic mass is 9.76. The number of anilines is 1. The average molecular weight is 712 g/mol. The molecule has 0 radical (unpaired) electrons. The van der Waals surface area contributed by atoms with Crippen molar-refractivity contribution in [1.82, 2.24) is 19.8 Å². The Morgan fingerprint density at radius 3 is 2.35 bits per heavy atom. The number of imidazole rings is 1. The van der Waals surface area contributed by atoms with Gasteiger partial charge in [0.2, 0.25) is 11.7 Å². The number of hydrogen-bond acceptors (Lipinski definition) is 9. The first-order valence-corrected chi connectivity index (χ1v) is 17.8. The Bertz CT molecular complexity index is 1930. The van der Waals surface area contributed by atoms with Gasteiger partial charge < -0.3 is 43.4 Å². The molecule has 11 nitrogen and oxygen atoms in total. The highest BCUT2D eigenvalue weighted by Gasteiger charge is 2.42. The Labute approximate surface area is 302 Å². The molecule has 52 heavy (non-hydrogen) atoms. The number of para-hydroxylation sites is 2. The van der Waals surface area contributed by atoms with Crippen molar-refractivity contribution < 1.29 is 32.9 Å². The molecule has 0 saturated carbocycles. The van der Waals surface area contributed by atoms with Gasteiger partial charge in [-0.3, -0.25) is 4.79 Å². The highest BCUT2D eigenvalue weighted by molar-refractivity contribution is 5.96. The fraction of sp³-hybridized carbons (Fsp3) is 0.400. The third-order valence-corrected chi connectivity index (χ3v) is 10.8. The first-order valence-electron chi connectivity index (χ1n) is 17.8. The van der Waals surface area contributed by atoms with Crippen molar-refractivity contribution in [2.45, 2.75) is 50.3 Å². The van der Waals surface area contributed by atoms with Gasteiger partial charge in [0.05, 0.1) is 38.9 Å². The highest BCUT2D eigenvalue weighted by Crippen LogP contribution is 2.42. The minimum absolute atomic E-state index is 0.114. The van der Waals surface area contributed by atoms with E-state index in [0.717, 1.165) is 73.6 Å². The molecule has 2 N–H and O–H groups in total. The van der Waals surface area contributed by atoms with Crippen LogP contribution < -0.4 is 19.1 Å². The summed E-state index contributed by atoms with van der Waals surface area (Å²) in [4.78, 5) is 29.1. The van der Waals surface area contributed by atoms with Gasteiger partial charge >= 0.3 is 0 Å². The number of aromatic nitrogens is 2. The topological polar surface area (TPSA) is 117 Å². The van der Waals surface area contributed by atoms with Crippen molar-refractivity contribution in [2.24, 2.45) is 0 Å². The second kappa shape index (κ2) is 15.3. The normalized spacial score (nSPS) is 18.2. The molecule has 1 amide bonds. The molecule has 12 heteroatoms. The third kappa shape index (κ3) is 7.18. The fourth-order valence-corrected chi connectivity index (χ4v) is 7.86. The smallest absolute Gasteiger partial charge is 0.254 e. The van der Waals surface area contributed by atoms with E-state index in [1.165, 1.54) is 33.5 Å². The predicted octanol–water partition coefficient (Wildman–Crippen LogP) is 6.16. The lowest BCUT2D eigenvalue weighted by Crippen LogP contribution is -2.46. The molecule has 7 rings (SSSR count). The molecule has 0 aliphatic carbocycles. The van der Waals surface area contributed by atoms with Gasteiger partial charge in [-0.25, -0.2) is 9.37 Å². The number of nitrogens with zero attached hydrogens (tertiary/aromatic N) is 4. The minimum Gasteiger partial charge on any atom is -0.493 e. The number of rotatable bonds is 13. The van der Waals surface area contributed by atoms with Crippen molar-refractivity contribution >= 4 is 22.9 Å². The number of ether oxygens (including phenoxy) is 3. The van der Waals surface area contributed by atoms with Crippen molar-refractivity contribution in [3.05, 3.63) is 101 Å². The summed E-state index contributed by atoms with van der Waals surface area (Å²) in [6.07, 6.45) is 3.45. The van der Waals surface area contributed by atoms with Gasteiger partial charge in [-0.2, -0.15) is 0 Å². The van der Waals surface area contributed by atoms with Crippen LogP contribution in [0.3, 0.4) is 0 Å². The number of furan rings is 1. The number of aromatic amines is 1. The lowest BCUT2D eigenvalue weighted by molar-refractivity contribution is 0.0779. The van der Waals surface area contributed by atoms with Crippen LogP contribution in [0.5, 0.6) is 17.2 Å². The zero-order valence-electron chi connectivity index (χ0n) is 29.9. The molecule has 3 aromatic carbocycles. The maximum absolute atomic E-state index is 14.1. The summed E-state index contributed by atoms with van der Waals surface area (Å²) in [7, 11) is 4.60. The molecule has 2 aliphatic heterocycles. The summed E-state index contributed by atoms with van der Waals surface area (Å²) < 4.78 is 36.5. The van der Waals surface area contributed by atoms with Crippen LogP contribution in [0.2, 0.25) is 0 Å². The molecule has 4 heterocycles. The van der Waals surface area contributed by atoms with Crippen LogP contribution in [0.15, 0.2) is 77.2 Å². The molecule has 0 bridgehead atoms. The minimum atomic E-state index is -0.329. The molecule has 5 aromatic rings. The van der Waals surface area contributed by atoms with E-state index in [0.29, 0.717) is 48.2 Å². The predicted molar refractivity (Wildman–Crippen MR) is 196 cm³/mol. The van der Waals surface area contributed by atoms with Crippen molar-refractivity contribution in [2.75, 3.05) is 59.0 Å². The maximum atomic E-state index is 14.1. The Kier molecular flexibility index (Phi) is 10.4. The zero-order chi connectivity index (χ0) is 36.2. The van der Waals surface area contributed by atoms with Crippen LogP contribution in [-0.4, -0.2) is 90.9 Å². The number of hydrogen-bond donors (Lipinski definition) is 2. The molecule has 2 fully saturated rings. The van der Waals surface area contributed by atoms with Crippen molar-refractivity contribution in [1.29, 1.82) is 0 Å². The number of likely N-dealkylation sites (tertiary alicyclic amines) is 2. The van der Waals surface area contributed by atoms with Gasteiger partial charge in [-0.05, 0) is 86.3 Å².